The van der Waals surface area contributed by atoms with Crippen LogP contribution in [0.2, 0.25) is 0 Å². The van der Waals surface area contributed by atoms with E-state index in [4.69, 9.17) is 9.47 Å². The van der Waals surface area contributed by atoms with Crippen molar-refractivity contribution in [3.63, 3.8) is 0 Å². The van der Waals surface area contributed by atoms with Gasteiger partial charge in [-0.05, 0) is 24.3 Å². The van der Waals surface area contributed by atoms with Crippen molar-refractivity contribution in [2.24, 2.45) is 0 Å². The highest BCUT2D eigenvalue weighted by atomic mass is 16.5. The van der Waals surface area contributed by atoms with Crippen LogP contribution >= 0.6 is 0 Å². The third-order valence-corrected chi connectivity index (χ3v) is 3.30. The van der Waals surface area contributed by atoms with Gasteiger partial charge < -0.3 is 9.47 Å². The number of H-pyrrole nitrogens is 1. The largest absolute Gasteiger partial charge is 0.497 e. The molecular weight excluding hydrogens is 268 g/mol. The Morgan fingerprint density at radius 3 is 3.00 bits per heavy atom. The molecule has 0 aliphatic heterocycles. The number of aromatic amines is 1. The van der Waals surface area contributed by atoms with Crippen LogP contribution in [0.5, 0.6) is 11.5 Å². The second kappa shape index (κ2) is 5.66. The summed E-state index contributed by atoms with van der Waals surface area (Å²) in [6.07, 6.45) is 2.53. The average molecular weight is 282 g/mol. The van der Waals surface area contributed by atoms with Crippen molar-refractivity contribution in [1.82, 2.24) is 10.2 Å². The molecular formula is C16H14N2O3. The van der Waals surface area contributed by atoms with Crippen LogP contribution < -0.4 is 9.47 Å². The molecule has 0 atom stereocenters. The first-order valence-electron chi connectivity index (χ1n) is 6.49. The van der Waals surface area contributed by atoms with Crippen LogP contribution in [0.15, 0.2) is 42.6 Å². The summed E-state index contributed by atoms with van der Waals surface area (Å²) in [6.45, 7) is 0.365. The van der Waals surface area contributed by atoms with Gasteiger partial charge in [0.05, 0.1) is 24.4 Å². The maximum absolute atomic E-state index is 11.1. The second-order valence-corrected chi connectivity index (χ2v) is 4.56. The SMILES string of the molecule is COc1ccc(OCc2cccc3[nH]ncc23)c(C=O)c1. The Labute approximate surface area is 121 Å². The maximum Gasteiger partial charge on any atom is 0.153 e. The predicted molar refractivity (Wildman–Crippen MR) is 78.8 cm³/mol. The minimum atomic E-state index is 0.365. The highest BCUT2D eigenvalue weighted by molar-refractivity contribution is 5.82. The Morgan fingerprint density at radius 2 is 2.19 bits per heavy atom. The quantitative estimate of drug-likeness (QED) is 0.731. The third-order valence-electron chi connectivity index (χ3n) is 3.30. The summed E-state index contributed by atoms with van der Waals surface area (Å²) in [4.78, 5) is 11.1. The first-order valence-corrected chi connectivity index (χ1v) is 6.49. The van der Waals surface area contributed by atoms with Gasteiger partial charge in [0.2, 0.25) is 0 Å². The smallest absolute Gasteiger partial charge is 0.153 e. The molecule has 5 nitrogen and oxygen atoms in total. The van der Waals surface area contributed by atoms with Crippen molar-refractivity contribution in [3.8, 4) is 11.5 Å². The van der Waals surface area contributed by atoms with Crippen LogP contribution in [0, 0.1) is 0 Å². The third kappa shape index (κ3) is 2.58. The zero-order chi connectivity index (χ0) is 14.7. The molecule has 3 rings (SSSR count). The van der Waals surface area contributed by atoms with E-state index in [-0.39, 0.29) is 0 Å². The molecule has 2 aromatic carbocycles. The Hall–Kier alpha value is -2.82. The van der Waals surface area contributed by atoms with Gasteiger partial charge in [-0.3, -0.25) is 9.89 Å². The highest BCUT2D eigenvalue weighted by Crippen LogP contribution is 2.24. The van der Waals surface area contributed by atoms with E-state index < -0.39 is 0 Å². The summed E-state index contributed by atoms with van der Waals surface area (Å²) in [5.74, 6) is 1.16. The molecule has 0 aliphatic carbocycles. The van der Waals surface area contributed by atoms with Gasteiger partial charge in [-0.2, -0.15) is 5.10 Å². The number of aldehydes is 1. The molecule has 0 fully saturated rings. The molecule has 1 N–H and O–H groups in total. The summed E-state index contributed by atoms with van der Waals surface area (Å²) in [5.41, 5.74) is 2.43. The van der Waals surface area contributed by atoms with Crippen LogP contribution in [0.4, 0.5) is 0 Å². The molecule has 0 saturated heterocycles. The van der Waals surface area contributed by atoms with Crippen LogP contribution in [0.3, 0.4) is 0 Å². The maximum atomic E-state index is 11.1. The number of carbonyl (C=O) groups excluding carboxylic acids is 1. The Balaban J connectivity index is 1.84. The Kier molecular flexibility index (Phi) is 3.55. The van der Waals surface area contributed by atoms with Gasteiger partial charge in [-0.1, -0.05) is 12.1 Å². The number of hydrogen-bond acceptors (Lipinski definition) is 4. The van der Waals surface area contributed by atoms with Crippen LogP contribution in [0.1, 0.15) is 15.9 Å². The molecule has 0 amide bonds. The molecule has 0 saturated carbocycles. The fourth-order valence-corrected chi connectivity index (χ4v) is 2.19. The van der Waals surface area contributed by atoms with Crippen molar-refractivity contribution >= 4 is 17.2 Å². The van der Waals surface area contributed by atoms with Gasteiger partial charge in [0.1, 0.15) is 18.1 Å². The zero-order valence-corrected chi connectivity index (χ0v) is 11.5. The topological polar surface area (TPSA) is 64.2 Å². The Morgan fingerprint density at radius 1 is 1.29 bits per heavy atom. The van der Waals surface area contributed by atoms with Gasteiger partial charge in [0.25, 0.3) is 0 Å². The van der Waals surface area contributed by atoms with E-state index in [1.54, 1.807) is 31.5 Å². The number of rotatable bonds is 5. The molecule has 21 heavy (non-hydrogen) atoms. The van der Waals surface area contributed by atoms with E-state index in [9.17, 15) is 4.79 Å². The Bertz CT molecular complexity index is 780. The summed E-state index contributed by atoms with van der Waals surface area (Å²) < 4.78 is 10.9. The minimum absolute atomic E-state index is 0.365. The number of aromatic nitrogens is 2. The number of carbonyl (C=O) groups is 1. The molecule has 5 heteroatoms. The second-order valence-electron chi connectivity index (χ2n) is 4.56. The summed E-state index contributed by atoms with van der Waals surface area (Å²) in [7, 11) is 1.56. The summed E-state index contributed by atoms with van der Waals surface area (Å²) in [5, 5.41) is 7.95. The number of hydrogen-bond donors (Lipinski definition) is 1. The number of ether oxygens (including phenoxy) is 2. The van der Waals surface area contributed by atoms with Gasteiger partial charge in [-0.25, -0.2) is 0 Å². The van der Waals surface area contributed by atoms with Crippen molar-refractivity contribution < 1.29 is 14.3 Å². The van der Waals surface area contributed by atoms with Crippen molar-refractivity contribution in [3.05, 3.63) is 53.7 Å². The van der Waals surface area contributed by atoms with Gasteiger partial charge in [-0.15, -0.1) is 0 Å². The van der Waals surface area contributed by atoms with E-state index in [1.165, 1.54) is 0 Å². The van der Waals surface area contributed by atoms with E-state index in [0.29, 0.717) is 23.7 Å². The normalized spacial score (nSPS) is 10.5. The summed E-state index contributed by atoms with van der Waals surface area (Å²) in [6, 6.07) is 11.0. The first kappa shape index (κ1) is 13.2. The van der Waals surface area contributed by atoms with Crippen molar-refractivity contribution in [2.45, 2.75) is 6.61 Å². The molecule has 1 aromatic heterocycles. The molecule has 1 heterocycles. The average Bonchev–Trinajstić information content (AvgIpc) is 3.01. The van der Waals surface area contributed by atoms with E-state index >= 15 is 0 Å². The number of nitrogens with one attached hydrogen (secondary N) is 1. The molecule has 0 bridgehead atoms. The lowest BCUT2D eigenvalue weighted by atomic mass is 10.1. The fourth-order valence-electron chi connectivity index (χ4n) is 2.19. The number of nitrogens with zero attached hydrogens (tertiary/aromatic N) is 1. The lowest BCUT2D eigenvalue weighted by Gasteiger charge is -2.10. The minimum Gasteiger partial charge on any atom is -0.497 e. The lowest BCUT2D eigenvalue weighted by molar-refractivity contribution is 0.111. The van der Waals surface area contributed by atoms with Crippen molar-refractivity contribution in [2.75, 3.05) is 7.11 Å². The van der Waals surface area contributed by atoms with Gasteiger partial charge >= 0.3 is 0 Å². The van der Waals surface area contributed by atoms with Crippen LogP contribution in [-0.2, 0) is 6.61 Å². The lowest BCUT2D eigenvalue weighted by Crippen LogP contribution is -1.99. The standard InChI is InChI=1S/C16H14N2O3/c1-20-13-5-6-16(12(7-13)9-19)21-10-11-3-2-4-15-14(11)8-17-18-15/h2-9H,10H2,1H3,(H,17,18). The molecule has 0 unspecified atom stereocenters. The molecule has 0 aliphatic rings. The van der Waals surface area contributed by atoms with Gasteiger partial charge in [0.15, 0.2) is 6.29 Å². The van der Waals surface area contributed by atoms with Crippen molar-refractivity contribution in [1.29, 1.82) is 0 Å². The number of benzene rings is 2. The predicted octanol–water partition coefficient (Wildman–Crippen LogP) is 2.96. The van der Waals surface area contributed by atoms with Gasteiger partial charge in [0, 0.05) is 10.9 Å². The summed E-state index contributed by atoms with van der Waals surface area (Å²) >= 11 is 0. The van der Waals surface area contributed by atoms with E-state index in [2.05, 4.69) is 10.2 Å². The zero-order valence-electron chi connectivity index (χ0n) is 11.5. The molecule has 0 radical (unpaired) electrons. The molecule has 0 spiro atoms. The monoisotopic (exact) mass is 282 g/mol. The fraction of sp³-hybridized carbons (Fsp3) is 0.125. The molecule has 106 valence electrons. The molecule has 3 aromatic rings. The number of fused-ring (bicyclic) bond motifs is 1. The first-order chi connectivity index (χ1) is 10.3. The number of methoxy groups -OCH3 is 1. The van der Waals surface area contributed by atoms with E-state index in [0.717, 1.165) is 22.8 Å². The van der Waals surface area contributed by atoms with Crippen LogP contribution in [0.25, 0.3) is 10.9 Å². The van der Waals surface area contributed by atoms with E-state index in [1.807, 2.05) is 18.2 Å². The highest BCUT2D eigenvalue weighted by Gasteiger charge is 2.07. The van der Waals surface area contributed by atoms with Crippen LogP contribution in [-0.4, -0.2) is 23.6 Å².